The molecular weight excluding hydrogens is 644 g/mol. The van der Waals surface area contributed by atoms with Crippen LogP contribution in [0.3, 0.4) is 0 Å². The van der Waals surface area contributed by atoms with E-state index in [1.807, 2.05) is 53.7 Å². The largest absolute Gasteiger partial charge is 0.493 e. The lowest BCUT2D eigenvalue weighted by atomic mass is 9.84. The first-order valence-electron chi connectivity index (χ1n) is 18.4. The number of hydrogen-bond donors (Lipinski definition) is 1. The van der Waals surface area contributed by atoms with Gasteiger partial charge >= 0.3 is 12.1 Å². The number of aromatic nitrogens is 1. The van der Waals surface area contributed by atoms with Gasteiger partial charge in [-0.1, -0.05) is 30.3 Å². The van der Waals surface area contributed by atoms with Crippen LogP contribution in [0.25, 0.3) is 28.3 Å². The molecule has 1 saturated heterocycles. The van der Waals surface area contributed by atoms with Crippen molar-refractivity contribution in [2.75, 3.05) is 26.4 Å². The first kappa shape index (κ1) is 36.6. The van der Waals surface area contributed by atoms with Crippen molar-refractivity contribution in [3.63, 3.8) is 0 Å². The molecule has 3 aromatic rings. The number of hydrogen-bond acceptors (Lipinski definition) is 7. The molecule has 9 heteroatoms. The van der Waals surface area contributed by atoms with Gasteiger partial charge in [0.05, 0.1) is 24.0 Å². The molecule has 1 unspecified atom stereocenters. The number of ether oxygens (including phenoxy) is 4. The van der Waals surface area contributed by atoms with Crippen molar-refractivity contribution in [1.29, 1.82) is 0 Å². The zero-order valence-electron chi connectivity index (χ0n) is 30.9. The van der Waals surface area contributed by atoms with E-state index in [2.05, 4.69) is 36.4 Å². The van der Waals surface area contributed by atoms with E-state index in [9.17, 15) is 14.7 Å². The van der Waals surface area contributed by atoms with E-state index < -0.39 is 23.8 Å². The SMILES string of the molecule is Cc1nc(/C=C/CC2CCOCC2)c(-c2ccc3c(c2)CCN(C(=O)O)C3)c(-c2ccc3c(c2)CCCO3)c1C(OC(C)(C)C)C(=O)OC(C)C. The Balaban J connectivity index is 1.61. The number of amides is 1. The Morgan fingerprint density at radius 1 is 1.00 bits per heavy atom. The van der Waals surface area contributed by atoms with Crippen LogP contribution < -0.4 is 4.74 Å². The van der Waals surface area contributed by atoms with Gasteiger partial charge in [0, 0.05) is 43.1 Å². The molecule has 4 heterocycles. The van der Waals surface area contributed by atoms with Crippen LogP contribution in [0.2, 0.25) is 0 Å². The van der Waals surface area contributed by atoms with Crippen LogP contribution in [0.15, 0.2) is 42.5 Å². The number of pyridine rings is 1. The smallest absolute Gasteiger partial charge is 0.407 e. The van der Waals surface area contributed by atoms with Crippen molar-refractivity contribution in [1.82, 2.24) is 9.88 Å². The fourth-order valence-corrected chi connectivity index (χ4v) is 7.39. The number of nitrogens with zero attached hydrogens (tertiary/aromatic N) is 2. The van der Waals surface area contributed by atoms with E-state index in [0.717, 1.165) is 95.7 Å². The minimum atomic E-state index is -1.04. The van der Waals surface area contributed by atoms with Crippen LogP contribution >= 0.6 is 0 Å². The molecule has 1 N–H and O–H groups in total. The van der Waals surface area contributed by atoms with Gasteiger partial charge in [-0.25, -0.2) is 9.59 Å². The van der Waals surface area contributed by atoms with Gasteiger partial charge in [-0.15, -0.1) is 0 Å². The molecule has 272 valence electrons. The minimum Gasteiger partial charge on any atom is -0.493 e. The van der Waals surface area contributed by atoms with E-state index in [0.29, 0.717) is 43.3 Å². The number of fused-ring (bicyclic) bond motifs is 2. The van der Waals surface area contributed by atoms with Crippen molar-refractivity contribution >= 4 is 18.1 Å². The molecular formula is C42H52N2O7. The lowest BCUT2D eigenvalue weighted by Crippen LogP contribution is -2.34. The Labute approximate surface area is 302 Å². The first-order chi connectivity index (χ1) is 24.4. The summed E-state index contributed by atoms with van der Waals surface area (Å²) in [6, 6.07) is 12.6. The zero-order chi connectivity index (χ0) is 36.3. The summed E-state index contributed by atoms with van der Waals surface area (Å²) in [7, 11) is 0. The molecule has 6 rings (SSSR count). The molecule has 1 aromatic heterocycles. The van der Waals surface area contributed by atoms with E-state index in [1.54, 1.807) is 0 Å². The van der Waals surface area contributed by atoms with Gasteiger partial charge in [-0.2, -0.15) is 0 Å². The minimum absolute atomic E-state index is 0.334. The highest BCUT2D eigenvalue weighted by molar-refractivity contribution is 5.94. The molecule has 1 fully saturated rings. The third kappa shape index (κ3) is 8.64. The predicted octanol–water partition coefficient (Wildman–Crippen LogP) is 8.72. The Morgan fingerprint density at radius 2 is 1.73 bits per heavy atom. The Kier molecular flexibility index (Phi) is 11.2. The van der Waals surface area contributed by atoms with Gasteiger partial charge in [-0.05, 0) is 138 Å². The van der Waals surface area contributed by atoms with Gasteiger partial charge in [0.2, 0.25) is 0 Å². The van der Waals surface area contributed by atoms with E-state index in [-0.39, 0.29) is 6.10 Å². The molecule has 3 aliphatic heterocycles. The summed E-state index contributed by atoms with van der Waals surface area (Å²) in [4.78, 5) is 32.6. The number of carbonyl (C=O) groups is 2. The molecule has 0 bridgehead atoms. The van der Waals surface area contributed by atoms with Crippen LogP contribution in [0.4, 0.5) is 4.79 Å². The normalized spacial score (nSPS) is 17.2. The number of carboxylic acid groups (broad SMARTS) is 1. The van der Waals surface area contributed by atoms with Crippen molar-refractivity contribution in [2.24, 2.45) is 5.92 Å². The number of benzene rings is 2. The molecule has 0 aliphatic carbocycles. The number of rotatable bonds is 9. The summed E-state index contributed by atoms with van der Waals surface area (Å²) in [5.41, 5.74) is 8.41. The summed E-state index contributed by atoms with van der Waals surface area (Å²) in [6.07, 6.45) is 7.50. The summed E-state index contributed by atoms with van der Waals surface area (Å²) >= 11 is 0. The second kappa shape index (κ2) is 15.6. The number of aryl methyl sites for hydroxylation is 2. The molecule has 2 aromatic carbocycles. The zero-order valence-corrected chi connectivity index (χ0v) is 30.9. The molecule has 9 nitrogen and oxygen atoms in total. The third-order valence-corrected chi connectivity index (χ3v) is 9.81. The highest BCUT2D eigenvalue weighted by atomic mass is 16.6. The number of esters is 1. The molecule has 0 radical (unpaired) electrons. The third-order valence-electron chi connectivity index (χ3n) is 9.81. The monoisotopic (exact) mass is 696 g/mol. The fourth-order valence-electron chi connectivity index (χ4n) is 7.39. The second-order valence-corrected chi connectivity index (χ2v) is 15.2. The van der Waals surface area contributed by atoms with Crippen molar-refractivity contribution < 1.29 is 33.6 Å². The number of allylic oxidation sites excluding steroid dienone is 1. The van der Waals surface area contributed by atoms with Crippen LogP contribution in [0, 0.1) is 12.8 Å². The van der Waals surface area contributed by atoms with Crippen LogP contribution in [-0.4, -0.2) is 65.1 Å². The van der Waals surface area contributed by atoms with Crippen LogP contribution in [0.1, 0.15) is 100 Å². The van der Waals surface area contributed by atoms with Crippen LogP contribution in [-0.2, 0) is 38.4 Å². The predicted molar refractivity (Wildman–Crippen MR) is 198 cm³/mol. The molecule has 51 heavy (non-hydrogen) atoms. The highest BCUT2D eigenvalue weighted by Crippen LogP contribution is 2.45. The van der Waals surface area contributed by atoms with Gasteiger partial charge in [0.25, 0.3) is 0 Å². The summed E-state index contributed by atoms with van der Waals surface area (Å²) in [6.45, 7) is 14.5. The number of carbonyl (C=O) groups excluding carboxylic acids is 1. The summed E-state index contributed by atoms with van der Waals surface area (Å²) < 4.78 is 24.1. The Bertz CT molecular complexity index is 1780. The molecule has 1 atom stereocenters. The topological polar surface area (TPSA) is 107 Å². The van der Waals surface area contributed by atoms with E-state index in [4.69, 9.17) is 23.9 Å². The summed E-state index contributed by atoms with van der Waals surface area (Å²) in [5, 5.41) is 9.69. The second-order valence-electron chi connectivity index (χ2n) is 15.2. The molecule has 1 amide bonds. The van der Waals surface area contributed by atoms with Crippen molar-refractivity contribution in [3.05, 3.63) is 76.1 Å². The standard InChI is InChI=1S/C42H52N2O7/c1-26(2)50-40(45)39(51-42(4,5)6)36-27(3)43-34(11-7-9-28-17-21-48-22-18-28)37(38(36)32-14-15-35-30(24-32)10-8-20-49-35)31-12-13-33-25-44(41(46)47)19-16-29(33)23-31/h7,11-15,23-24,26,28,39H,8-10,16-22,25H2,1-6H3,(H,46,47)/b11-7+. The van der Waals surface area contributed by atoms with Crippen molar-refractivity contribution in [3.8, 4) is 28.0 Å². The quantitative estimate of drug-likeness (QED) is 0.222. The van der Waals surface area contributed by atoms with Crippen molar-refractivity contribution in [2.45, 2.75) is 104 Å². The maximum atomic E-state index is 14.1. The molecule has 3 aliphatic rings. The maximum Gasteiger partial charge on any atom is 0.407 e. The van der Waals surface area contributed by atoms with Gasteiger partial charge in [0.15, 0.2) is 6.10 Å². The fraction of sp³-hybridized carbons (Fsp3) is 0.500. The lowest BCUT2D eigenvalue weighted by Gasteiger charge is -2.31. The molecule has 0 spiro atoms. The molecule has 0 saturated carbocycles. The van der Waals surface area contributed by atoms with Gasteiger partial charge in [0.1, 0.15) is 5.75 Å². The maximum absolute atomic E-state index is 14.1. The van der Waals surface area contributed by atoms with Crippen LogP contribution in [0.5, 0.6) is 5.75 Å². The lowest BCUT2D eigenvalue weighted by molar-refractivity contribution is -0.171. The average Bonchev–Trinajstić information content (AvgIpc) is 3.09. The summed E-state index contributed by atoms with van der Waals surface area (Å²) in [5.74, 6) is 0.976. The average molecular weight is 697 g/mol. The first-order valence-corrected chi connectivity index (χ1v) is 18.4. The Hall–Kier alpha value is -4.21. The Morgan fingerprint density at radius 3 is 2.45 bits per heavy atom. The van der Waals surface area contributed by atoms with Gasteiger partial charge in [-0.3, -0.25) is 4.98 Å². The van der Waals surface area contributed by atoms with E-state index >= 15 is 0 Å². The van der Waals surface area contributed by atoms with Gasteiger partial charge < -0.3 is 29.0 Å². The van der Waals surface area contributed by atoms with E-state index in [1.165, 1.54) is 4.90 Å². The highest BCUT2D eigenvalue weighted by Gasteiger charge is 2.36.